The van der Waals surface area contributed by atoms with E-state index in [0.29, 0.717) is 23.5 Å². The van der Waals surface area contributed by atoms with Crippen molar-refractivity contribution in [2.45, 2.75) is 80.6 Å². The summed E-state index contributed by atoms with van der Waals surface area (Å²) in [6, 6.07) is 7.17. The molecule has 0 spiro atoms. The van der Waals surface area contributed by atoms with Gasteiger partial charge in [-0.05, 0) is 76.6 Å². The molecule has 4 rings (SSSR count). The molecule has 8 nitrogen and oxygen atoms in total. The molecular formula is C24H32N4O4S+2. The first-order valence-corrected chi connectivity index (χ1v) is 12.8. The normalized spacial score (nSPS) is 18.2. The van der Waals surface area contributed by atoms with Crippen molar-refractivity contribution in [1.82, 2.24) is 4.98 Å². The number of rotatable bonds is 9. The average molecular weight is 473 g/mol. The van der Waals surface area contributed by atoms with E-state index in [1.807, 2.05) is 12.1 Å². The topological polar surface area (TPSA) is 115 Å². The number of aromatic nitrogens is 2. The molecule has 0 radical (unpaired) electrons. The fraction of sp³-hybridized carbons (Fsp3) is 0.500. The first-order chi connectivity index (χ1) is 15.8. The molecule has 1 unspecified atom stereocenters. The molecule has 0 saturated heterocycles. The van der Waals surface area contributed by atoms with Gasteiger partial charge in [0.2, 0.25) is 0 Å². The van der Waals surface area contributed by atoms with Crippen molar-refractivity contribution in [3.05, 3.63) is 47.9 Å². The number of amides is 1. The number of thiol groups is 1. The van der Waals surface area contributed by atoms with Crippen LogP contribution in [0.5, 0.6) is 0 Å². The van der Waals surface area contributed by atoms with Crippen LogP contribution in [-0.4, -0.2) is 38.7 Å². The third-order valence-electron chi connectivity index (χ3n) is 5.70. The minimum Gasteiger partial charge on any atom is -0.392 e. The van der Waals surface area contributed by atoms with Gasteiger partial charge in [-0.15, -0.1) is 4.21 Å². The Labute approximate surface area is 196 Å². The first kappa shape index (κ1) is 23.5. The largest absolute Gasteiger partial charge is 0.392 e. The summed E-state index contributed by atoms with van der Waals surface area (Å²) in [7, 11) is -1.39. The van der Waals surface area contributed by atoms with E-state index in [1.54, 1.807) is 32.2 Å². The molecule has 2 aromatic rings. The summed E-state index contributed by atoms with van der Waals surface area (Å²) in [6.07, 6.45) is 9.66. The van der Waals surface area contributed by atoms with Gasteiger partial charge in [-0.25, -0.2) is 20.1 Å². The number of carbonyl (C=O) groups excluding carboxylic acids is 1. The van der Waals surface area contributed by atoms with Gasteiger partial charge in [0.15, 0.2) is 10.6 Å². The Morgan fingerprint density at radius 1 is 1.24 bits per heavy atom. The summed E-state index contributed by atoms with van der Waals surface area (Å²) >= 11 is 0. The maximum Gasteiger partial charge on any atom is 0.361 e. The average Bonchev–Trinajstić information content (AvgIpc) is 3.50. The number of nitrogens with one attached hydrogen (secondary N) is 2. The number of hydrogen-bond acceptors (Lipinski definition) is 6. The number of anilines is 1. The molecule has 0 aliphatic heterocycles. The van der Waals surface area contributed by atoms with Gasteiger partial charge < -0.3 is 9.94 Å². The monoisotopic (exact) mass is 472 g/mol. The second-order valence-corrected chi connectivity index (χ2v) is 11.3. The van der Waals surface area contributed by atoms with E-state index in [1.165, 1.54) is 6.20 Å². The van der Waals surface area contributed by atoms with Crippen LogP contribution in [-0.2, 0) is 31.1 Å². The molecule has 1 heterocycles. The molecule has 9 heteroatoms. The highest BCUT2D eigenvalue weighted by atomic mass is 32.2. The van der Waals surface area contributed by atoms with Gasteiger partial charge in [-0.2, -0.15) is 0 Å². The van der Waals surface area contributed by atoms with Crippen molar-refractivity contribution in [3.8, 4) is 0 Å². The lowest BCUT2D eigenvalue weighted by atomic mass is 10.0. The van der Waals surface area contributed by atoms with E-state index in [4.69, 9.17) is 4.84 Å². The van der Waals surface area contributed by atoms with E-state index in [0.717, 1.165) is 43.4 Å². The van der Waals surface area contributed by atoms with Crippen LogP contribution in [0.4, 0.5) is 5.82 Å². The number of carbonyl (C=O) groups is 1. The second-order valence-electron chi connectivity index (χ2n) is 9.45. The van der Waals surface area contributed by atoms with E-state index < -0.39 is 22.3 Å². The third kappa shape index (κ3) is 6.68. The van der Waals surface area contributed by atoms with Crippen molar-refractivity contribution in [2.24, 2.45) is 5.16 Å². The Kier molecular flexibility index (Phi) is 7.19. The third-order valence-corrected chi connectivity index (χ3v) is 7.69. The van der Waals surface area contributed by atoms with Crippen molar-refractivity contribution < 1.29 is 23.9 Å². The minimum atomic E-state index is -1.39. The number of hydrogen-bond donors (Lipinski definition) is 2. The molecule has 1 atom stereocenters. The predicted molar refractivity (Wildman–Crippen MR) is 126 cm³/mol. The number of benzene rings is 1. The quantitative estimate of drug-likeness (QED) is 0.252. The molecule has 2 fully saturated rings. The summed E-state index contributed by atoms with van der Waals surface area (Å²) in [5.74, 6) is -0.0258. The lowest BCUT2D eigenvalue weighted by Crippen LogP contribution is -2.29. The summed E-state index contributed by atoms with van der Waals surface area (Å²) in [4.78, 5) is 26.9. The molecule has 33 heavy (non-hydrogen) atoms. The molecule has 1 aromatic heterocycles. The molecule has 1 aromatic carbocycles. The molecule has 2 saturated carbocycles. The van der Waals surface area contributed by atoms with Crippen LogP contribution >= 0.6 is 0 Å². The molecule has 2 aliphatic rings. The van der Waals surface area contributed by atoms with Gasteiger partial charge >= 0.3 is 5.91 Å². The smallest absolute Gasteiger partial charge is 0.361 e. The minimum absolute atomic E-state index is 0.0192. The van der Waals surface area contributed by atoms with E-state index in [9.17, 15) is 14.1 Å². The Balaban J connectivity index is 1.50. The molecule has 0 bridgehead atoms. The number of H-pyrrole nitrogens is 1. The zero-order valence-corrected chi connectivity index (χ0v) is 20.0. The maximum atomic E-state index is 13.1. The standard InChI is InChI=1S/C24H30N4O4S/c1-24(2,30)13-17-14-26-21(15-25-17)27-23(29)22(28-32-18-5-3-4-6-18)16-7-9-19(10-8-16)33(31)20-11-12-20/h7-10,14-15,18,20,30H,3-6,11-13H2,1-2H3,(H,26,27,29)/p+2/b28-22+. The summed E-state index contributed by atoms with van der Waals surface area (Å²) in [5.41, 5.74) is 0.558. The van der Waals surface area contributed by atoms with Crippen molar-refractivity contribution >= 4 is 28.2 Å². The molecule has 3 N–H and O–H groups in total. The first-order valence-electron chi connectivity index (χ1n) is 11.5. The van der Waals surface area contributed by atoms with Crippen LogP contribution in [0.2, 0.25) is 0 Å². The lowest BCUT2D eigenvalue weighted by Gasteiger charge is -2.15. The highest BCUT2D eigenvalue weighted by molar-refractivity contribution is 7.86. The Morgan fingerprint density at radius 3 is 2.52 bits per heavy atom. The summed E-state index contributed by atoms with van der Waals surface area (Å²) < 4.78 is 12.5. The van der Waals surface area contributed by atoms with E-state index >= 15 is 0 Å². The van der Waals surface area contributed by atoms with Crippen LogP contribution in [0.25, 0.3) is 0 Å². The predicted octanol–water partition coefficient (Wildman–Crippen LogP) is 2.73. The lowest BCUT2D eigenvalue weighted by molar-refractivity contribution is -0.362. The van der Waals surface area contributed by atoms with E-state index in [-0.39, 0.29) is 17.1 Å². The van der Waals surface area contributed by atoms with Crippen molar-refractivity contribution in [2.75, 3.05) is 5.32 Å². The molecular weight excluding hydrogens is 440 g/mol. The van der Waals surface area contributed by atoms with Gasteiger partial charge in [0.05, 0.1) is 11.3 Å². The number of oxime groups is 1. The van der Waals surface area contributed by atoms with Gasteiger partial charge in [-0.1, -0.05) is 5.16 Å². The van der Waals surface area contributed by atoms with Gasteiger partial charge in [0.25, 0.3) is 5.82 Å². The van der Waals surface area contributed by atoms with Crippen molar-refractivity contribution in [1.29, 1.82) is 0 Å². The van der Waals surface area contributed by atoms with Crippen LogP contribution in [0.15, 0.2) is 46.7 Å². The van der Waals surface area contributed by atoms with Crippen LogP contribution in [0, 0.1) is 0 Å². The van der Waals surface area contributed by atoms with Crippen molar-refractivity contribution in [3.63, 3.8) is 0 Å². The number of aliphatic hydroxyl groups is 1. The molecule has 1 amide bonds. The Hall–Kier alpha value is -2.65. The zero-order chi connectivity index (χ0) is 23.4. The van der Waals surface area contributed by atoms with Crippen LogP contribution in [0.3, 0.4) is 0 Å². The molecule has 176 valence electrons. The highest BCUT2D eigenvalue weighted by Gasteiger charge is 2.35. The Bertz CT molecular complexity index is 1020. The van der Waals surface area contributed by atoms with E-state index in [2.05, 4.69) is 20.4 Å². The highest BCUT2D eigenvalue weighted by Crippen LogP contribution is 2.30. The number of aromatic amines is 1. The fourth-order valence-electron chi connectivity index (χ4n) is 3.81. The zero-order valence-electron chi connectivity index (χ0n) is 19.1. The second kappa shape index (κ2) is 10.1. The summed E-state index contributed by atoms with van der Waals surface area (Å²) in [6.45, 7) is 3.42. The molecule has 2 aliphatic carbocycles. The maximum absolute atomic E-state index is 13.1. The van der Waals surface area contributed by atoms with Gasteiger partial charge in [0, 0.05) is 12.0 Å². The summed E-state index contributed by atoms with van der Waals surface area (Å²) in [5, 5.41) is 17.2. The number of nitrogens with zero attached hydrogens (tertiary/aromatic N) is 2. The Morgan fingerprint density at radius 2 is 1.94 bits per heavy atom. The van der Waals surface area contributed by atoms with Crippen LogP contribution in [0.1, 0.15) is 63.6 Å². The SMILES string of the molecule is CC(C)(O)Cc1c[nH+]c(NC(=O)/C(=N/OC2CCCC2)c2ccc([SH+](=O)C3CC3)cc2)cn1. The fourth-order valence-corrected chi connectivity index (χ4v) is 5.29. The van der Waals surface area contributed by atoms with Gasteiger partial charge in [0.1, 0.15) is 34.5 Å². The van der Waals surface area contributed by atoms with Crippen LogP contribution < -0.4 is 10.3 Å². The van der Waals surface area contributed by atoms with Gasteiger partial charge in [-0.3, -0.25) is 0 Å².